The molecule has 0 aliphatic rings. The molecule has 0 bridgehead atoms. The molecule has 0 aliphatic heterocycles. The van der Waals surface area contributed by atoms with E-state index < -0.39 is 11.9 Å². The zero-order valence-corrected chi connectivity index (χ0v) is 17.3. The van der Waals surface area contributed by atoms with Gasteiger partial charge in [-0.15, -0.1) is 10.2 Å². The lowest BCUT2D eigenvalue weighted by Gasteiger charge is -2.10. The molecule has 9 heteroatoms. The highest BCUT2D eigenvalue weighted by atomic mass is 32.2. The largest absolute Gasteiger partial charge is 0.338 e. The molecular formula is C21H22FN5O2S. The number of unbranched alkanes of at least 4 members (excludes halogenated alkanes) is 1. The Morgan fingerprint density at radius 2 is 1.80 bits per heavy atom. The van der Waals surface area contributed by atoms with Crippen molar-refractivity contribution in [3.05, 3.63) is 60.4 Å². The molecule has 7 nitrogen and oxygen atoms in total. The number of benzene rings is 2. The Kier molecular flexibility index (Phi) is 7.56. The van der Waals surface area contributed by atoms with Gasteiger partial charge in [0.1, 0.15) is 5.82 Å². The van der Waals surface area contributed by atoms with Crippen molar-refractivity contribution >= 4 is 23.7 Å². The predicted molar refractivity (Wildman–Crippen MR) is 114 cm³/mol. The van der Waals surface area contributed by atoms with Gasteiger partial charge in [-0.1, -0.05) is 43.3 Å². The molecule has 1 aromatic heterocycles. The van der Waals surface area contributed by atoms with Gasteiger partial charge in [-0.2, -0.15) is 0 Å². The number of hydrogen-bond acceptors (Lipinski definition) is 5. The minimum absolute atomic E-state index is 0.00438. The number of carbonyl (C=O) groups excluding carboxylic acids is 2. The number of halogens is 1. The second-order valence-electron chi connectivity index (χ2n) is 6.43. The van der Waals surface area contributed by atoms with Crippen molar-refractivity contribution in [2.24, 2.45) is 0 Å². The number of rotatable bonds is 8. The van der Waals surface area contributed by atoms with Crippen LogP contribution < -0.4 is 10.6 Å². The fourth-order valence-corrected chi connectivity index (χ4v) is 3.43. The summed E-state index contributed by atoms with van der Waals surface area (Å²) in [4.78, 5) is 23.9. The summed E-state index contributed by atoms with van der Waals surface area (Å²) in [5.74, 6) is -0.246. The molecule has 30 heavy (non-hydrogen) atoms. The second kappa shape index (κ2) is 10.5. The van der Waals surface area contributed by atoms with E-state index in [0.29, 0.717) is 23.1 Å². The number of thioether (sulfide) groups is 1. The van der Waals surface area contributed by atoms with E-state index in [0.717, 1.165) is 30.3 Å². The van der Waals surface area contributed by atoms with Crippen molar-refractivity contribution in [2.45, 2.75) is 24.9 Å². The standard InChI is InChI=1S/C21H22FN5O2S/c1-2-3-13-23-20(29)24-18(28)14-30-21-26-25-19(15-9-11-16(22)12-10-15)27(21)17-7-5-4-6-8-17/h4-12H,2-3,13-14H2,1H3,(H2,23,24,28,29). The van der Waals surface area contributed by atoms with Gasteiger partial charge in [0.2, 0.25) is 5.91 Å². The molecule has 0 saturated carbocycles. The van der Waals surface area contributed by atoms with Gasteiger partial charge in [-0.05, 0) is 42.8 Å². The highest BCUT2D eigenvalue weighted by Gasteiger charge is 2.18. The number of aromatic nitrogens is 3. The summed E-state index contributed by atoms with van der Waals surface area (Å²) in [5, 5.41) is 13.9. The van der Waals surface area contributed by atoms with Gasteiger partial charge in [-0.25, -0.2) is 9.18 Å². The van der Waals surface area contributed by atoms with Gasteiger partial charge >= 0.3 is 6.03 Å². The van der Waals surface area contributed by atoms with Crippen molar-refractivity contribution in [3.63, 3.8) is 0 Å². The molecule has 0 unspecified atom stereocenters. The Morgan fingerprint density at radius 3 is 2.50 bits per heavy atom. The number of para-hydroxylation sites is 1. The number of amides is 3. The summed E-state index contributed by atoms with van der Waals surface area (Å²) in [6, 6.07) is 14.9. The molecule has 156 valence electrons. The van der Waals surface area contributed by atoms with Gasteiger partial charge in [0.15, 0.2) is 11.0 Å². The molecule has 3 aromatic rings. The SMILES string of the molecule is CCCCNC(=O)NC(=O)CSc1nnc(-c2ccc(F)cc2)n1-c1ccccc1. The normalized spacial score (nSPS) is 10.6. The lowest BCUT2D eigenvalue weighted by atomic mass is 10.2. The van der Waals surface area contributed by atoms with Crippen molar-refractivity contribution < 1.29 is 14.0 Å². The number of urea groups is 1. The van der Waals surface area contributed by atoms with Crippen LogP contribution in [0.5, 0.6) is 0 Å². The van der Waals surface area contributed by atoms with Gasteiger partial charge in [0.25, 0.3) is 0 Å². The van der Waals surface area contributed by atoms with E-state index in [1.165, 1.54) is 12.1 Å². The Bertz CT molecular complexity index is 992. The summed E-state index contributed by atoms with van der Waals surface area (Å²) >= 11 is 1.16. The fraction of sp³-hybridized carbons (Fsp3) is 0.238. The van der Waals surface area contributed by atoms with Gasteiger partial charge in [0, 0.05) is 17.8 Å². The first-order chi connectivity index (χ1) is 14.6. The van der Waals surface area contributed by atoms with E-state index in [-0.39, 0.29) is 11.6 Å². The van der Waals surface area contributed by atoms with Crippen LogP contribution in [0.2, 0.25) is 0 Å². The summed E-state index contributed by atoms with van der Waals surface area (Å²) in [6.45, 7) is 2.54. The summed E-state index contributed by atoms with van der Waals surface area (Å²) in [7, 11) is 0. The molecule has 1 heterocycles. The molecule has 3 rings (SSSR count). The van der Waals surface area contributed by atoms with Crippen LogP contribution in [0.3, 0.4) is 0 Å². The highest BCUT2D eigenvalue weighted by Crippen LogP contribution is 2.27. The minimum atomic E-state index is -0.509. The third-order valence-corrected chi connectivity index (χ3v) is 5.08. The lowest BCUT2D eigenvalue weighted by Crippen LogP contribution is -2.40. The van der Waals surface area contributed by atoms with Gasteiger partial charge in [-0.3, -0.25) is 14.7 Å². The lowest BCUT2D eigenvalue weighted by molar-refractivity contribution is -0.117. The molecule has 0 spiro atoms. The van der Waals surface area contributed by atoms with Crippen LogP contribution in [0, 0.1) is 5.82 Å². The van der Waals surface area contributed by atoms with E-state index in [1.54, 1.807) is 16.7 Å². The molecule has 0 aliphatic carbocycles. The monoisotopic (exact) mass is 427 g/mol. The topological polar surface area (TPSA) is 88.9 Å². The Balaban J connectivity index is 1.76. The van der Waals surface area contributed by atoms with Crippen LogP contribution in [0.25, 0.3) is 17.1 Å². The van der Waals surface area contributed by atoms with Crippen LogP contribution >= 0.6 is 11.8 Å². The third-order valence-electron chi connectivity index (χ3n) is 4.15. The van der Waals surface area contributed by atoms with Crippen LogP contribution in [-0.4, -0.2) is 39.0 Å². The summed E-state index contributed by atoms with van der Waals surface area (Å²) < 4.78 is 15.1. The highest BCUT2D eigenvalue weighted by molar-refractivity contribution is 7.99. The van der Waals surface area contributed by atoms with Crippen molar-refractivity contribution in [1.29, 1.82) is 0 Å². The molecule has 0 fully saturated rings. The molecule has 3 amide bonds. The third kappa shape index (κ3) is 5.66. The van der Waals surface area contributed by atoms with Crippen molar-refractivity contribution in [1.82, 2.24) is 25.4 Å². The maximum atomic E-state index is 13.3. The predicted octanol–water partition coefficient (Wildman–Crippen LogP) is 3.79. The van der Waals surface area contributed by atoms with E-state index in [4.69, 9.17) is 0 Å². The Morgan fingerprint density at radius 1 is 1.07 bits per heavy atom. The van der Waals surface area contributed by atoms with Gasteiger partial charge < -0.3 is 5.32 Å². The first kappa shape index (κ1) is 21.5. The zero-order valence-electron chi connectivity index (χ0n) is 16.5. The molecular weight excluding hydrogens is 405 g/mol. The van der Waals surface area contributed by atoms with Crippen molar-refractivity contribution in [3.8, 4) is 17.1 Å². The quantitative estimate of drug-likeness (QED) is 0.422. The van der Waals surface area contributed by atoms with Crippen LogP contribution in [0.15, 0.2) is 59.8 Å². The smallest absolute Gasteiger partial charge is 0.321 e. The average Bonchev–Trinajstić information content (AvgIpc) is 3.17. The zero-order chi connectivity index (χ0) is 21.3. The number of nitrogens with zero attached hydrogens (tertiary/aromatic N) is 3. The number of nitrogens with one attached hydrogen (secondary N) is 2. The molecule has 2 N–H and O–H groups in total. The average molecular weight is 428 g/mol. The maximum Gasteiger partial charge on any atom is 0.321 e. The van der Waals surface area contributed by atoms with Gasteiger partial charge in [0.05, 0.1) is 5.75 Å². The number of hydrogen-bond donors (Lipinski definition) is 2. The van der Waals surface area contributed by atoms with Crippen LogP contribution in [-0.2, 0) is 4.79 Å². The number of imide groups is 1. The number of carbonyl (C=O) groups is 2. The first-order valence-electron chi connectivity index (χ1n) is 9.55. The van der Waals surface area contributed by atoms with E-state index >= 15 is 0 Å². The van der Waals surface area contributed by atoms with E-state index in [1.807, 2.05) is 37.3 Å². The second-order valence-corrected chi connectivity index (χ2v) is 7.37. The van der Waals surface area contributed by atoms with E-state index in [2.05, 4.69) is 20.8 Å². The van der Waals surface area contributed by atoms with Crippen molar-refractivity contribution in [2.75, 3.05) is 12.3 Å². The molecule has 0 radical (unpaired) electrons. The minimum Gasteiger partial charge on any atom is -0.338 e. The molecule has 0 atom stereocenters. The first-order valence-corrected chi connectivity index (χ1v) is 10.5. The summed E-state index contributed by atoms with van der Waals surface area (Å²) in [5.41, 5.74) is 1.50. The molecule has 2 aromatic carbocycles. The Hall–Kier alpha value is -3.20. The Labute approximate surface area is 178 Å². The van der Waals surface area contributed by atoms with Crippen LogP contribution in [0.4, 0.5) is 9.18 Å². The van der Waals surface area contributed by atoms with E-state index in [9.17, 15) is 14.0 Å². The van der Waals surface area contributed by atoms with Crippen LogP contribution in [0.1, 0.15) is 19.8 Å². The summed E-state index contributed by atoms with van der Waals surface area (Å²) in [6.07, 6.45) is 1.80. The molecule has 0 saturated heterocycles. The maximum absolute atomic E-state index is 13.3. The fourth-order valence-electron chi connectivity index (χ4n) is 2.67.